The Bertz CT molecular complexity index is 617. The number of carbonyl (C=O) groups is 1. The lowest BCUT2D eigenvalue weighted by molar-refractivity contribution is -0.385. The highest BCUT2D eigenvalue weighted by Gasteiger charge is 2.18. The molecule has 0 heterocycles. The Labute approximate surface area is 128 Å². The summed E-state index contributed by atoms with van der Waals surface area (Å²) < 4.78 is 29.7. The maximum absolute atomic E-state index is 11.6. The summed E-state index contributed by atoms with van der Waals surface area (Å²) in [6.07, 6.45) is 2.49. The van der Waals surface area contributed by atoms with Gasteiger partial charge in [-0.15, -0.1) is 0 Å². The van der Waals surface area contributed by atoms with Gasteiger partial charge in [0, 0.05) is 25.6 Å². The molecule has 8 nitrogen and oxygen atoms in total. The second-order valence-electron chi connectivity index (χ2n) is 4.54. The summed E-state index contributed by atoms with van der Waals surface area (Å²) in [6, 6.07) is 5.89. The fraction of sp³-hybridized carbons (Fsp3) is 0.462. The third kappa shape index (κ3) is 5.78. The van der Waals surface area contributed by atoms with Gasteiger partial charge in [-0.3, -0.25) is 10.1 Å². The summed E-state index contributed by atoms with van der Waals surface area (Å²) in [5, 5.41) is 10.8. The van der Waals surface area contributed by atoms with Crippen LogP contribution in [0.5, 0.6) is 5.75 Å². The number of unbranched alkanes of at least 4 members (excludes halogenated alkanes) is 1. The molecule has 0 saturated heterocycles. The quantitative estimate of drug-likeness (QED) is 0.276. The Morgan fingerprint density at radius 2 is 2.00 bits per heavy atom. The topological polar surface area (TPSA) is 107 Å². The Morgan fingerprint density at radius 3 is 2.59 bits per heavy atom. The van der Waals surface area contributed by atoms with E-state index in [1.807, 2.05) is 0 Å². The molecular formula is C13H18N2O6S. The third-order valence-electron chi connectivity index (χ3n) is 2.86. The van der Waals surface area contributed by atoms with Crippen LogP contribution in [-0.4, -0.2) is 49.9 Å². The Hall–Kier alpha value is -2.00. The molecule has 122 valence electrons. The van der Waals surface area contributed by atoms with E-state index >= 15 is 0 Å². The van der Waals surface area contributed by atoms with Gasteiger partial charge in [0.1, 0.15) is 12.9 Å². The number of hydrogen-bond donors (Lipinski definition) is 0. The molecule has 0 fully saturated rings. The van der Waals surface area contributed by atoms with Crippen molar-refractivity contribution < 1.29 is 22.9 Å². The average molecular weight is 330 g/mol. The highest BCUT2D eigenvalue weighted by atomic mass is 32.2. The number of nitro benzene ring substituents is 1. The van der Waals surface area contributed by atoms with E-state index in [0.29, 0.717) is 6.42 Å². The molecule has 0 unspecified atom stereocenters. The molecule has 1 rings (SSSR count). The fourth-order valence-corrected chi connectivity index (χ4v) is 2.65. The van der Waals surface area contributed by atoms with Crippen LogP contribution in [-0.2, 0) is 14.8 Å². The minimum Gasteiger partial charge on any atom is -0.485 e. The first-order chi connectivity index (χ1) is 10.4. The lowest BCUT2D eigenvalue weighted by atomic mass is 10.3. The number of carbonyl (C=O) groups excluding carboxylic acids is 1. The molecule has 0 atom stereocenters. The van der Waals surface area contributed by atoms with Gasteiger partial charge in [0.05, 0.1) is 11.2 Å². The van der Waals surface area contributed by atoms with Gasteiger partial charge in [-0.1, -0.05) is 12.1 Å². The van der Waals surface area contributed by atoms with Crippen molar-refractivity contribution in [2.45, 2.75) is 12.8 Å². The molecule has 1 aromatic rings. The fourth-order valence-electron chi connectivity index (χ4n) is 1.78. The van der Waals surface area contributed by atoms with Crippen LogP contribution >= 0.6 is 0 Å². The molecule has 0 saturated carbocycles. The van der Waals surface area contributed by atoms with Crippen LogP contribution in [0.2, 0.25) is 0 Å². The summed E-state index contributed by atoms with van der Waals surface area (Å²) in [6.45, 7) is 0.251. The predicted molar refractivity (Wildman–Crippen MR) is 80.3 cm³/mol. The minimum absolute atomic E-state index is 0.0149. The maximum Gasteiger partial charge on any atom is 0.310 e. The smallest absolute Gasteiger partial charge is 0.310 e. The van der Waals surface area contributed by atoms with Crippen LogP contribution < -0.4 is 4.74 Å². The monoisotopic (exact) mass is 330 g/mol. The molecule has 0 aromatic heterocycles. The molecule has 0 N–H and O–H groups in total. The van der Waals surface area contributed by atoms with E-state index < -0.39 is 14.9 Å². The SMILES string of the molecule is CS(=O)(=O)N(CCCC=O)CCOc1ccccc1[N+](=O)[O-]. The number of para-hydroxylation sites is 2. The van der Waals surface area contributed by atoms with Gasteiger partial charge >= 0.3 is 5.69 Å². The zero-order valence-electron chi connectivity index (χ0n) is 12.2. The lowest BCUT2D eigenvalue weighted by Gasteiger charge is -2.19. The molecule has 22 heavy (non-hydrogen) atoms. The largest absolute Gasteiger partial charge is 0.485 e. The van der Waals surface area contributed by atoms with Crippen LogP contribution in [0.1, 0.15) is 12.8 Å². The summed E-state index contributed by atoms with van der Waals surface area (Å²) in [4.78, 5) is 20.6. The average Bonchev–Trinajstić information content (AvgIpc) is 2.45. The maximum atomic E-state index is 11.6. The molecule has 1 aromatic carbocycles. The van der Waals surface area contributed by atoms with Crippen LogP contribution in [0.25, 0.3) is 0 Å². The molecule has 0 aliphatic heterocycles. The third-order valence-corrected chi connectivity index (χ3v) is 4.16. The zero-order chi connectivity index (χ0) is 16.6. The van der Waals surface area contributed by atoms with Gasteiger partial charge in [0.25, 0.3) is 0 Å². The molecule has 0 radical (unpaired) electrons. The number of aldehydes is 1. The van der Waals surface area contributed by atoms with E-state index in [2.05, 4.69) is 0 Å². The number of ether oxygens (including phenoxy) is 1. The van der Waals surface area contributed by atoms with Crippen molar-refractivity contribution >= 4 is 22.0 Å². The van der Waals surface area contributed by atoms with Crippen molar-refractivity contribution in [1.82, 2.24) is 4.31 Å². The molecule has 0 aliphatic rings. The standard InChI is InChI=1S/C13H18N2O6S/c1-22(19,20)14(8-4-5-10-16)9-11-21-13-7-3-2-6-12(13)15(17)18/h2-3,6-7,10H,4-5,8-9,11H2,1H3. The van der Waals surface area contributed by atoms with Crippen molar-refractivity contribution in [2.75, 3.05) is 26.0 Å². The van der Waals surface area contributed by atoms with E-state index in [0.717, 1.165) is 12.5 Å². The highest BCUT2D eigenvalue weighted by molar-refractivity contribution is 7.88. The first-order valence-electron chi connectivity index (χ1n) is 6.61. The number of benzene rings is 1. The van der Waals surface area contributed by atoms with Gasteiger partial charge in [0.2, 0.25) is 10.0 Å². The minimum atomic E-state index is -3.42. The van der Waals surface area contributed by atoms with Gasteiger partial charge in [0.15, 0.2) is 5.75 Å². The van der Waals surface area contributed by atoms with E-state index in [1.54, 1.807) is 6.07 Å². The molecule has 0 amide bonds. The number of nitrogens with zero attached hydrogens (tertiary/aromatic N) is 2. The summed E-state index contributed by atoms with van der Waals surface area (Å²) in [5.74, 6) is 0.0915. The normalized spacial score (nSPS) is 11.4. The van der Waals surface area contributed by atoms with Crippen LogP contribution in [0.3, 0.4) is 0 Å². The Morgan fingerprint density at radius 1 is 1.32 bits per heavy atom. The predicted octanol–water partition coefficient (Wildman–Crippen LogP) is 1.21. The summed E-state index contributed by atoms with van der Waals surface area (Å²) in [5.41, 5.74) is -0.172. The second kappa shape index (κ2) is 8.44. The number of rotatable bonds is 10. The van der Waals surface area contributed by atoms with Crippen LogP contribution in [0.15, 0.2) is 24.3 Å². The molecule has 0 aliphatic carbocycles. The van der Waals surface area contributed by atoms with Gasteiger partial charge in [-0.2, -0.15) is 4.31 Å². The van der Waals surface area contributed by atoms with Gasteiger partial charge in [-0.25, -0.2) is 8.42 Å². The van der Waals surface area contributed by atoms with Gasteiger partial charge < -0.3 is 9.53 Å². The van der Waals surface area contributed by atoms with Crippen molar-refractivity contribution in [2.24, 2.45) is 0 Å². The first kappa shape index (κ1) is 18.1. The van der Waals surface area contributed by atoms with Crippen molar-refractivity contribution in [1.29, 1.82) is 0 Å². The molecule has 0 spiro atoms. The number of nitro groups is 1. The molecule has 0 bridgehead atoms. The summed E-state index contributed by atoms with van der Waals surface area (Å²) >= 11 is 0. The second-order valence-corrected chi connectivity index (χ2v) is 6.53. The van der Waals surface area contributed by atoms with Crippen LogP contribution in [0.4, 0.5) is 5.69 Å². The van der Waals surface area contributed by atoms with Crippen LogP contribution in [0, 0.1) is 10.1 Å². The molecule has 9 heteroatoms. The van der Waals surface area contributed by atoms with E-state index in [4.69, 9.17) is 4.74 Å². The number of sulfonamides is 1. The Balaban J connectivity index is 2.63. The van der Waals surface area contributed by atoms with Crippen molar-refractivity contribution in [3.8, 4) is 5.75 Å². The Kier molecular flexibility index (Phi) is 6.93. The van der Waals surface area contributed by atoms with Crippen molar-refractivity contribution in [3.05, 3.63) is 34.4 Å². The first-order valence-corrected chi connectivity index (χ1v) is 8.46. The lowest BCUT2D eigenvalue weighted by Crippen LogP contribution is -2.34. The zero-order valence-corrected chi connectivity index (χ0v) is 13.0. The molecular weight excluding hydrogens is 312 g/mol. The van der Waals surface area contributed by atoms with Gasteiger partial charge in [-0.05, 0) is 12.5 Å². The number of hydrogen-bond acceptors (Lipinski definition) is 6. The van der Waals surface area contributed by atoms with Crippen molar-refractivity contribution in [3.63, 3.8) is 0 Å². The highest BCUT2D eigenvalue weighted by Crippen LogP contribution is 2.25. The summed E-state index contributed by atoms with van der Waals surface area (Å²) in [7, 11) is -3.42. The van der Waals surface area contributed by atoms with E-state index in [9.17, 15) is 23.3 Å². The van der Waals surface area contributed by atoms with E-state index in [1.165, 1.54) is 22.5 Å². The van der Waals surface area contributed by atoms with E-state index in [-0.39, 0.29) is 37.6 Å².